The van der Waals surface area contributed by atoms with Crippen LogP contribution in [0.5, 0.6) is 0 Å². The predicted octanol–water partition coefficient (Wildman–Crippen LogP) is 12.7. The molecule has 11 rings (SSSR count). The molecule has 1 spiro atoms. The Kier molecular flexibility index (Phi) is 6.96. The average Bonchev–Trinajstić information content (AvgIpc) is 3.53. The van der Waals surface area contributed by atoms with Crippen LogP contribution in [0.2, 0.25) is 0 Å². The maximum atomic E-state index is 9.51. The molecule has 0 N–H and O–H groups in total. The van der Waals surface area contributed by atoms with E-state index >= 15 is 0 Å². The summed E-state index contributed by atoms with van der Waals surface area (Å²) in [5.74, 6) is 0.466. The van der Waals surface area contributed by atoms with Crippen LogP contribution in [-0.4, -0.2) is 0 Å². The third kappa shape index (κ3) is 4.40. The molecule has 0 bridgehead atoms. The normalized spacial score (nSPS) is 17.8. The van der Waals surface area contributed by atoms with Crippen LogP contribution in [0.1, 0.15) is 56.0 Å². The van der Waals surface area contributed by atoms with Gasteiger partial charge in [0, 0.05) is 21.6 Å². The second-order valence-corrected chi connectivity index (χ2v) is 15.7. The third-order valence-corrected chi connectivity index (χ3v) is 13.2. The molecule has 1 heterocycles. The van der Waals surface area contributed by atoms with Gasteiger partial charge in [0.25, 0.3) is 0 Å². The summed E-state index contributed by atoms with van der Waals surface area (Å²) >= 11 is 1.88. The average molecular weight is 704 g/mol. The fraction of sp³-hybridized carbons (Fsp3) is 0.0577. The Labute approximate surface area is 320 Å². The quantitative estimate of drug-likeness (QED) is 0.183. The number of nitrogens with zero attached hydrogens (tertiary/aromatic N) is 1. The number of nitriles is 1. The first-order valence-electron chi connectivity index (χ1n) is 18.6. The van der Waals surface area contributed by atoms with E-state index in [1.165, 1.54) is 76.6 Å². The van der Waals surface area contributed by atoms with E-state index < -0.39 is 5.41 Å². The molecule has 7 aromatic rings. The molecule has 252 valence electrons. The van der Waals surface area contributed by atoms with Gasteiger partial charge in [-0.15, -0.1) is 0 Å². The number of fused-ring (bicyclic) bond motifs is 11. The third-order valence-electron chi connectivity index (χ3n) is 12.0. The van der Waals surface area contributed by atoms with E-state index in [2.05, 4.69) is 182 Å². The molecule has 0 saturated heterocycles. The van der Waals surface area contributed by atoms with Gasteiger partial charge in [-0.1, -0.05) is 163 Å². The van der Waals surface area contributed by atoms with Gasteiger partial charge in [0.15, 0.2) is 0 Å². The highest BCUT2D eigenvalue weighted by molar-refractivity contribution is 7.99. The van der Waals surface area contributed by atoms with Crippen molar-refractivity contribution in [1.29, 1.82) is 5.26 Å². The molecule has 2 unspecified atom stereocenters. The molecule has 0 fully saturated rings. The molecule has 7 aromatic carbocycles. The summed E-state index contributed by atoms with van der Waals surface area (Å²) in [5, 5.41) is 9.51. The summed E-state index contributed by atoms with van der Waals surface area (Å²) in [7, 11) is 0. The zero-order valence-electron chi connectivity index (χ0n) is 29.4. The Balaban J connectivity index is 1.19. The number of hydrogen-bond donors (Lipinski definition) is 0. The Bertz CT molecular complexity index is 2770. The minimum Gasteiger partial charge on any atom is -0.192 e. The summed E-state index contributed by atoms with van der Waals surface area (Å²) in [6, 6.07) is 62.7. The number of benzene rings is 7. The van der Waals surface area contributed by atoms with Crippen LogP contribution < -0.4 is 0 Å². The van der Waals surface area contributed by atoms with E-state index in [0.29, 0.717) is 5.56 Å². The van der Waals surface area contributed by atoms with Crippen molar-refractivity contribution in [2.45, 2.75) is 21.1 Å². The smallest absolute Gasteiger partial charge is 0.0991 e. The monoisotopic (exact) mass is 703 g/mol. The van der Waals surface area contributed by atoms with Crippen molar-refractivity contribution in [3.63, 3.8) is 0 Å². The number of hydrogen-bond acceptors (Lipinski definition) is 2. The van der Waals surface area contributed by atoms with E-state index in [0.717, 1.165) is 11.1 Å². The fourth-order valence-electron chi connectivity index (χ4n) is 9.79. The predicted molar refractivity (Wildman–Crippen MR) is 221 cm³/mol. The topological polar surface area (TPSA) is 23.8 Å². The summed E-state index contributed by atoms with van der Waals surface area (Å²) in [4.78, 5) is 2.56. The molecule has 2 heteroatoms. The maximum absolute atomic E-state index is 9.51. The summed E-state index contributed by atoms with van der Waals surface area (Å²) in [6.45, 7) is 0. The van der Waals surface area contributed by atoms with Crippen LogP contribution in [0, 0.1) is 17.2 Å². The van der Waals surface area contributed by atoms with Crippen LogP contribution in [0.3, 0.4) is 0 Å². The second kappa shape index (κ2) is 12.1. The van der Waals surface area contributed by atoms with Gasteiger partial charge in [-0.3, -0.25) is 0 Å². The van der Waals surface area contributed by atoms with Crippen molar-refractivity contribution in [3.8, 4) is 28.3 Å². The molecule has 3 aliphatic carbocycles. The second-order valence-electron chi connectivity index (χ2n) is 14.6. The highest BCUT2D eigenvalue weighted by Crippen LogP contribution is 2.63. The molecule has 0 saturated carbocycles. The Morgan fingerprint density at radius 3 is 1.81 bits per heavy atom. The largest absolute Gasteiger partial charge is 0.192 e. The first kappa shape index (κ1) is 31.2. The Morgan fingerprint density at radius 1 is 0.519 bits per heavy atom. The van der Waals surface area contributed by atoms with Crippen molar-refractivity contribution in [2.75, 3.05) is 0 Å². The van der Waals surface area contributed by atoms with E-state index in [-0.39, 0.29) is 11.8 Å². The van der Waals surface area contributed by atoms with Gasteiger partial charge < -0.3 is 0 Å². The van der Waals surface area contributed by atoms with Crippen molar-refractivity contribution in [3.05, 3.63) is 244 Å². The highest BCUT2D eigenvalue weighted by atomic mass is 32.2. The number of allylic oxidation sites excluding steroid dienone is 5. The van der Waals surface area contributed by atoms with Crippen LogP contribution in [0.15, 0.2) is 203 Å². The van der Waals surface area contributed by atoms with Gasteiger partial charge in [-0.05, 0) is 114 Å². The lowest BCUT2D eigenvalue weighted by molar-refractivity contribution is 0.648. The molecule has 0 radical (unpaired) electrons. The van der Waals surface area contributed by atoms with Gasteiger partial charge in [0.1, 0.15) is 0 Å². The molecular formula is C52H33NS. The molecule has 0 amide bonds. The first-order valence-corrected chi connectivity index (χ1v) is 19.5. The first-order chi connectivity index (χ1) is 26.7. The van der Waals surface area contributed by atoms with Crippen molar-refractivity contribution in [2.24, 2.45) is 5.92 Å². The van der Waals surface area contributed by atoms with Crippen LogP contribution in [0.25, 0.3) is 27.8 Å². The van der Waals surface area contributed by atoms with E-state index in [1.54, 1.807) is 0 Å². The number of rotatable bonds is 3. The van der Waals surface area contributed by atoms with E-state index in [9.17, 15) is 5.26 Å². The molecule has 2 atom stereocenters. The van der Waals surface area contributed by atoms with E-state index in [4.69, 9.17) is 0 Å². The minimum absolute atomic E-state index is 0.227. The zero-order chi connectivity index (χ0) is 35.8. The van der Waals surface area contributed by atoms with Crippen LogP contribution in [0.4, 0.5) is 0 Å². The molecule has 1 nitrogen and oxygen atoms in total. The van der Waals surface area contributed by atoms with Crippen molar-refractivity contribution in [1.82, 2.24) is 0 Å². The van der Waals surface area contributed by atoms with Gasteiger partial charge in [0.2, 0.25) is 0 Å². The summed E-state index contributed by atoms with van der Waals surface area (Å²) in [6.07, 6.45) is 9.20. The fourth-order valence-corrected chi connectivity index (χ4v) is 10.9. The molecule has 1 aliphatic heterocycles. The van der Waals surface area contributed by atoms with Crippen molar-refractivity contribution < 1.29 is 0 Å². The summed E-state index contributed by atoms with van der Waals surface area (Å²) in [5.41, 5.74) is 18.3. The highest BCUT2D eigenvalue weighted by Gasteiger charge is 2.50. The molecular weight excluding hydrogens is 671 g/mol. The molecule has 0 aromatic heterocycles. The molecule has 4 aliphatic rings. The van der Waals surface area contributed by atoms with Gasteiger partial charge >= 0.3 is 0 Å². The summed E-state index contributed by atoms with van der Waals surface area (Å²) < 4.78 is 0. The SMILES string of the molecule is N#Cc1ccc(-c2ccc3c(c2)C2(c4cc(C5=C6C=CC=CC6C(c6ccccc6)c6ccccc65)ccc4S3)c3ccccc3-c3ccccc32)cc1. The zero-order valence-corrected chi connectivity index (χ0v) is 30.2. The van der Waals surface area contributed by atoms with Crippen LogP contribution in [-0.2, 0) is 5.41 Å². The van der Waals surface area contributed by atoms with Gasteiger partial charge in [-0.2, -0.15) is 5.26 Å². The van der Waals surface area contributed by atoms with Crippen LogP contribution >= 0.6 is 11.8 Å². The van der Waals surface area contributed by atoms with E-state index in [1.807, 2.05) is 23.9 Å². The maximum Gasteiger partial charge on any atom is 0.0991 e. The molecule has 54 heavy (non-hydrogen) atoms. The van der Waals surface area contributed by atoms with Gasteiger partial charge in [-0.25, -0.2) is 0 Å². The standard InChI is InChI=1S/C52H33NS/c53-32-33-22-24-34(25-23-33)36-26-28-48-46(30-36)52(44-20-10-8-14-38(44)39-15-9-11-21-45(39)52)47-31-37(27-29-49(47)54-48)51-42-18-6-4-16-40(42)50(35-12-2-1-3-13-35)41-17-5-7-19-43(41)51/h1-31,40,50H. The Hall–Kier alpha value is -6.40. The lowest BCUT2D eigenvalue weighted by Crippen LogP contribution is -2.32. The minimum atomic E-state index is -0.518. The van der Waals surface area contributed by atoms with Crippen molar-refractivity contribution >= 4 is 17.3 Å². The lowest BCUT2D eigenvalue weighted by atomic mass is 9.65. The Morgan fingerprint density at radius 2 is 1.11 bits per heavy atom. The van der Waals surface area contributed by atoms with Gasteiger partial charge in [0.05, 0.1) is 17.0 Å². The lowest BCUT2D eigenvalue weighted by Gasteiger charge is -2.41.